The number of nitrogens with zero attached hydrogens (tertiary/aromatic N) is 3. The molecule has 4 rings (SSSR count). The van der Waals surface area contributed by atoms with E-state index in [9.17, 15) is 4.79 Å². The molecule has 1 spiro atoms. The van der Waals surface area contributed by atoms with Crippen molar-refractivity contribution in [1.82, 2.24) is 20.4 Å². The van der Waals surface area contributed by atoms with Crippen LogP contribution in [-0.4, -0.2) is 54.2 Å². The summed E-state index contributed by atoms with van der Waals surface area (Å²) in [6.07, 6.45) is 3.27. The summed E-state index contributed by atoms with van der Waals surface area (Å²) in [7, 11) is 1.60. The van der Waals surface area contributed by atoms with Crippen molar-refractivity contribution in [2.45, 2.75) is 19.3 Å². The smallest absolute Gasteiger partial charge is 0.295 e. The van der Waals surface area contributed by atoms with Crippen molar-refractivity contribution in [1.29, 1.82) is 0 Å². The van der Waals surface area contributed by atoms with Crippen LogP contribution in [0.15, 0.2) is 28.8 Å². The Kier molecular flexibility index (Phi) is 5.48. The Hall–Kier alpha value is -2.12. The lowest BCUT2D eigenvalue weighted by Crippen LogP contribution is -2.44. The van der Waals surface area contributed by atoms with Gasteiger partial charge in [-0.25, -0.2) is 0 Å². The van der Waals surface area contributed by atoms with Crippen LogP contribution in [0.1, 0.15) is 29.9 Å². The van der Waals surface area contributed by atoms with Gasteiger partial charge in [-0.15, -0.1) is 12.4 Å². The zero-order valence-corrected chi connectivity index (χ0v) is 15.6. The molecule has 0 bridgehead atoms. The third-order valence-corrected chi connectivity index (χ3v) is 5.38. The van der Waals surface area contributed by atoms with Crippen LogP contribution in [0.3, 0.4) is 0 Å². The number of piperidine rings is 1. The van der Waals surface area contributed by atoms with Crippen LogP contribution >= 0.6 is 12.4 Å². The summed E-state index contributed by atoms with van der Waals surface area (Å²) in [5.41, 5.74) is 1.11. The van der Waals surface area contributed by atoms with Gasteiger partial charge in [-0.2, -0.15) is 4.98 Å². The van der Waals surface area contributed by atoms with Gasteiger partial charge in [0.15, 0.2) is 0 Å². The maximum atomic E-state index is 12.7. The Morgan fingerprint density at radius 3 is 2.81 bits per heavy atom. The molecule has 0 atom stereocenters. The molecule has 0 radical (unpaired) electrons. The summed E-state index contributed by atoms with van der Waals surface area (Å²) in [4.78, 5) is 18.8. The molecule has 0 aliphatic carbocycles. The Balaban J connectivity index is 0.00000196. The number of hydrogen-bond acceptors (Lipinski definition) is 6. The van der Waals surface area contributed by atoms with E-state index in [0.29, 0.717) is 17.1 Å². The highest BCUT2D eigenvalue weighted by Gasteiger charge is 2.38. The topological polar surface area (TPSA) is 80.5 Å². The number of ether oxygens (including phenoxy) is 1. The van der Waals surface area contributed by atoms with Gasteiger partial charge in [-0.05, 0) is 49.4 Å². The number of aromatic nitrogens is 2. The van der Waals surface area contributed by atoms with Crippen LogP contribution in [0.2, 0.25) is 0 Å². The molecule has 2 saturated heterocycles. The molecule has 1 aromatic heterocycles. The fourth-order valence-electron chi connectivity index (χ4n) is 3.73. The number of rotatable bonds is 3. The van der Waals surface area contributed by atoms with Crippen molar-refractivity contribution in [2.24, 2.45) is 5.41 Å². The van der Waals surface area contributed by atoms with E-state index in [4.69, 9.17) is 9.26 Å². The molecule has 140 valence electrons. The van der Waals surface area contributed by atoms with Crippen LogP contribution in [0.25, 0.3) is 11.5 Å². The van der Waals surface area contributed by atoms with Gasteiger partial charge in [-0.1, -0.05) is 11.2 Å². The van der Waals surface area contributed by atoms with E-state index in [0.717, 1.165) is 44.6 Å². The van der Waals surface area contributed by atoms with Crippen LogP contribution in [0, 0.1) is 5.41 Å². The van der Waals surface area contributed by atoms with Gasteiger partial charge in [0, 0.05) is 25.2 Å². The van der Waals surface area contributed by atoms with Gasteiger partial charge in [0.2, 0.25) is 0 Å². The van der Waals surface area contributed by atoms with Crippen molar-refractivity contribution in [2.75, 3.05) is 33.3 Å². The molecule has 2 aliphatic rings. The normalized spacial score (nSPS) is 18.6. The van der Waals surface area contributed by atoms with E-state index in [-0.39, 0.29) is 24.1 Å². The fourth-order valence-corrected chi connectivity index (χ4v) is 3.73. The maximum Gasteiger partial charge on any atom is 0.295 e. The molecule has 2 aliphatic heterocycles. The molecule has 3 heterocycles. The van der Waals surface area contributed by atoms with Crippen molar-refractivity contribution in [3.05, 3.63) is 30.1 Å². The second-order valence-corrected chi connectivity index (χ2v) is 6.87. The quantitative estimate of drug-likeness (QED) is 0.883. The van der Waals surface area contributed by atoms with E-state index >= 15 is 0 Å². The number of methoxy groups -OCH3 is 1. The first-order valence-electron chi connectivity index (χ1n) is 8.67. The number of benzene rings is 1. The summed E-state index contributed by atoms with van der Waals surface area (Å²) in [5.74, 6) is 1.00. The molecule has 1 amide bonds. The second kappa shape index (κ2) is 7.63. The summed E-state index contributed by atoms with van der Waals surface area (Å²) >= 11 is 0. The van der Waals surface area contributed by atoms with E-state index in [1.54, 1.807) is 13.2 Å². The number of hydrogen-bond donors (Lipinski definition) is 1. The second-order valence-electron chi connectivity index (χ2n) is 6.87. The van der Waals surface area contributed by atoms with Crippen LogP contribution < -0.4 is 10.1 Å². The Bertz CT molecular complexity index is 763. The number of carbonyl (C=O) groups is 1. The van der Waals surface area contributed by atoms with Gasteiger partial charge >= 0.3 is 0 Å². The standard InChI is InChI=1S/C18H22N4O3.ClH/c1-24-14-4-2-3-13(11-14)16-20-15(21-25-16)17(23)22-9-6-18(7-10-22)5-8-19-12-18;/h2-4,11,19H,5-10,12H2,1H3;1H. The molecule has 2 aromatic rings. The number of likely N-dealkylation sites (tertiary alicyclic amines) is 1. The minimum atomic E-state index is -0.154. The summed E-state index contributed by atoms with van der Waals surface area (Å²) < 4.78 is 10.5. The minimum Gasteiger partial charge on any atom is -0.497 e. The molecule has 0 unspecified atom stereocenters. The number of halogens is 1. The summed E-state index contributed by atoms with van der Waals surface area (Å²) in [6, 6.07) is 7.34. The molecule has 26 heavy (non-hydrogen) atoms. The van der Waals surface area contributed by atoms with Crippen molar-refractivity contribution in [3.8, 4) is 17.2 Å². The van der Waals surface area contributed by atoms with Crippen molar-refractivity contribution in [3.63, 3.8) is 0 Å². The number of nitrogens with one attached hydrogen (secondary N) is 1. The minimum absolute atomic E-state index is 0. The fraction of sp³-hybridized carbons (Fsp3) is 0.500. The average molecular weight is 379 g/mol. The molecule has 7 nitrogen and oxygen atoms in total. The van der Waals surface area contributed by atoms with E-state index in [1.807, 2.05) is 23.1 Å². The molecule has 1 N–H and O–H groups in total. The first-order chi connectivity index (χ1) is 12.2. The lowest BCUT2D eigenvalue weighted by Gasteiger charge is -2.38. The maximum absolute atomic E-state index is 12.7. The number of amides is 1. The van der Waals surface area contributed by atoms with E-state index in [2.05, 4.69) is 15.5 Å². The lowest BCUT2D eigenvalue weighted by molar-refractivity contribution is 0.0592. The first-order valence-corrected chi connectivity index (χ1v) is 8.67. The Morgan fingerprint density at radius 1 is 1.31 bits per heavy atom. The highest BCUT2D eigenvalue weighted by atomic mass is 35.5. The molecular weight excluding hydrogens is 356 g/mol. The highest BCUT2D eigenvalue weighted by molar-refractivity contribution is 5.90. The third kappa shape index (κ3) is 3.54. The predicted molar refractivity (Wildman–Crippen MR) is 98.6 cm³/mol. The highest BCUT2D eigenvalue weighted by Crippen LogP contribution is 2.37. The van der Waals surface area contributed by atoms with Crippen LogP contribution in [0.5, 0.6) is 5.75 Å². The van der Waals surface area contributed by atoms with Crippen LogP contribution in [0.4, 0.5) is 0 Å². The zero-order chi connectivity index (χ0) is 17.3. The van der Waals surface area contributed by atoms with Gasteiger partial charge in [0.05, 0.1) is 7.11 Å². The average Bonchev–Trinajstić information content (AvgIpc) is 3.32. The van der Waals surface area contributed by atoms with Gasteiger partial charge in [0.1, 0.15) is 5.75 Å². The molecule has 8 heteroatoms. The van der Waals surface area contributed by atoms with Gasteiger partial charge < -0.3 is 19.5 Å². The summed E-state index contributed by atoms with van der Waals surface area (Å²) in [6.45, 7) is 3.66. The van der Waals surface area contributed by atoms with Gasteiger partial charge in [-0.3, -0.25) is 4.79 Å². The lowest BCUT2D eigenvalue weighted by atomic mass is 9.78. The van der Waals surface area contributed by atoms with Crippen molar-refractivity contribution < 1.29 is 14.1 Å². The predicted octanol–water partition coefficient (Wildman–Crippen LogP) is 2.38. The molecule has 0 saturated carbocycles. The first kappa shape index (κ1) is 18.7. The van der Waals surface area contributed by atoms with E-state index < -0.39 is 0 Å². The largest absolute Gasteiger partial charge is 0.497 e. The van der Waals surface area contributed by atoms with Crippen molar-refractivity contribution >= 4 is 18.3 Å². The SMILES string of the molecule is COc1cccc(-c2nc(C(=O)N3CCC4(CCNC4)CC3)no2)c1.Cl. The Morgan fingerprint density at radius 2 is 2.12 bits per heavy atom. The number of carbonyl (C=O) groups excluding carboxylic acids is 1. The molecule has 1 aromatic carbocycles. The monoisotopic (exact) mass is 378 g/mol. The molecule has 2 fully saturated rings. The molecular formula is C18H23ClN4O3. The zero-order valence-electron chi connectivity index (χ0n) is 14.7. The third-order valence-electron chi connectivity index (χ3n) is 5.38. The summed E-state index contributed by atoms with van der Waals surface area (Å²) in [5, 5.41) is 7.32. The van der Waals surface area contributed by atoms with Crippen LogP contribution in [-0.2, 0) is 0 Å². The van der Waals surface area contributed by atoms with Gasteiger partial charge in [0.25, 0.3) is 17.6 Å². The Labute approximate surface area is 158 Å². The van der Waals surface area contributed by atoms with E-state index in [1.165, 1.54) is 6.42 Å².